The number of nitrogens with one attached hydrogen (secondary N) is 1. The normalized spacial score (nSPS) is 18.4. The molecule has 1 heteroatoms. The fourth-order valence-corrected chi connectivity index (χ4v) is 0.976. The number of hydrogen-bond donors (Lipinski definition) is 1. The van der Waals surface area contributed by atoms with Crippen molar-refractivity contribution in [3.8, 4) is 0 Å². The van der Waals surface area contributed by atoms with E-state index in [1.54, 1.807) is 0 Å². The van der Waals surface area contributed by atoms with Crippen LogP contribution in [0.4, 0.5) is 0 Å². The third-order valence-electron chi connectivity index (χ3n) is 1.79. The molecule has 1 nitrogen and oxygen atoms in total. The van der Waals surface area contributed by atoms with E-state index in [4.69, 9.17) is 0 Å². The molecule has 2 rings (SSSR count). The summed E-state index contributed by atoms with van der Waals surface area (Å²) in [6, 6.07) is 4.10. The van der Waals surface area contributed by atoms with Crippen molar-refractivity contribution in [2.45, 2.75) is 12.8 Å². The lowest BCUT2D eigenvalue weighted by Gasteiger charge is -1.82. The number of aromatic nitrogens is 1. The Hall–Kier alpha value is -0.980. The summed E-state index contributed by atoms with van der Waals surface area (Å²) < 4.78 is 0. The first-order valence-electron chi connectivity index (χ1n) is 3.77. The summed E-state index contributed by atoms with van der Waals surface area (Å²) in [5.41, 5.74) is 1.21. The van der Waals surface area contributed by atoms with Crippen LogP contribution in [-0.4, -0.2) is 4.98 Å². The summed E-state index contributed by atoms with van der Waals surface area (Å²) in [7, 11) is 0. The van der Waals surface area contributed by atoms with Crippen LogP contribution in [0, 0.1) is 5.92 Å². The molecule has 0 unspecified atom stereocenters. The van der Waals surface area contributed by atoms with Crippen molar-refractivity contribution in [1.82, 2.24) is 4.98 Å². The quantitative estimate of drug-likeness (QED) is 0.637. The molecule has 1 saturated carbocycles. The first-order valence-corrected chi connectivity index (χ1v) is 3.77. The predicted molar refractivity (Wildman–Crippen MR) is 42.6 cm³/mol. The molecule has 1 aromatic rings. The van der Waals surface area contributed by atoms with Gasteiger partial charge < -0.3 is 4.98 Å². The second-order valence-corrected chi connectivity index (χ2v) is 2.82. The fraction of sp³-hybridized carbons (Fsp3) is 0.333. The standard InChI is InChI=1S/C9H11N/c1-2-9(10-7-1)6-5-8-3-4-8/h1-2,5-8,10H,3-4H2. The minimum absolute atomic E-state index is 0.878. The van der Waals surface area contributed by atoms with Gasteiger partial charge in [0.2, 0.25) is 0 Å². The summed E-state index contributed by atoms with van der Waals surface area (Å²) in [5.74, 6) is 0.878. The van der Waals surface area contributed by atoms with E-state index in [0.717, 1.165) is 5.92 Å². The topological polar surface area (TPSA) is 15.8 Å². The maximum absolute atomic E-state index is 3.13. The van der Waals surface area contributed by atoms with Gasteiger partial charge in [-0.05, 0) is 37.0 Å². The molecule has 0 atom stereocenters. The zero-order valence-corrected chi connectivity index (χ0v) is 5.88. The molecule has 1 fully saturated rings. The van der Waals surface area contributed by atoms with Crippen molar-refractivity contribution >= 4 is 6.08 Å². The molecule has 0 aromatic carbocycles. The fourth-order valence-electron chi connectivity index (χ4n) is 0.976. The van der Waals surface area contributed by atoms with Gasteiger partial charge in [0.1, 0.15) is 0 Å². The smallest absolute Gasteiger partial charge is 0.0377 e. The van der Waals surface area contributed by atoms with Crippen molar-refractivity contribution in [3.05, 3.63) is 30.1 Å². The summed E-state index contributed by atoms with van der Waals surface area (Å²) in [6.45, 7) is 0. The maximum atomic E-state index is 3.13. The molecule has 0 aliphatic heterocycles. The van der Waals surface area contributed by atoms with E-state index in [1.165, 1.54) is 18.5 Å². The molecule has 0 saturated heterocycles. The van der Waals surface area contributed by atoms with Crippen LogP contribution in [0.3, 0.4) is 0 Å². The van der Waals surface area contributed by atoms with Crippen LogP contribution < -0.4 is 0 Å². The van der Waals surface area contributed by atoms with Crippen molar-refractivity contribution < 1.29 is 0 Å². The number of aromatic amines is 1. The average molecular weight is 133 g/mol. The van der Waals surface area contributed by atoms with Crippen LogP contribution in [0.15, 0.2) is 24.4 Å². The van der Waals surface area contributed by atoms with Gasteiger partial charge in [-0.1, -0.05) is 6.08 Å². The van der Waals surface area contributed by atoms with E-state index in [1.807, 2.05) is 12.3 Å². The highest BCUT2D eigenvalue weighted by atomic mass is 14.7. The molecular weight excluding hydrogens is 122 g/mol. The van der Waals surface area contributed by atoms with E-state index in [9.17, 15) is 0 Å². The van der Waals surface area contributed by atoms with E-state index in [2.05, 4.69) is 23.2 Å². The van der Waals surface area contributed by atoms with Gasteiger partial charge in [-0.25, -0.2) is 0 Å². The molecular formula is C9H11N. The lowest BCUT2D eigenvalue weighted by Crippen LogP contribution is -1.67. The van der Waals surface area contributed by atoms with Gasteiger partial charge in [0.15, 0.2) is 0 Å². The minimum atomic E-state index is 0.878. The van der Waals surface area contributed by atoms with Crippen molar-refractivity contribution in [3.63, 3.8) is 0 Å². The zero-order valence-electron chi connectivity index (χ0n) is 5.88. The van der Waals surface area contributed by atoms with Crippen molar-refractivity contribution in [2.24, 2.45) is 5.92 Å². The largest absolute Gasteiger partial charge is 0.362 e. The van der Waals surface area contributed by atoms with Gasteiger partial charge in [0, 0.05) is 11.9 Å². The molecule has 1 N–H and O–H groups in total. The lowest BCUT2D eigenvalue weighted by molar-refractivity contribution is 1.13. The first-order chi connectivity index (χ1) is 4.95. The molecule has 1 heterocycles. The Balaban J connectivity index is 2.01. The molecule has 0 spiro atoms. The van der Waals surface area contributed by atoms with E-state index in [-0.39, 0.29) is 0 Å². The third-order valence-corrected chi connectivity index (χ3v) is 1.79. The average Bonchev–Trinajstić information content (AvgIpc) is 2.63. The number of H-pyrrole nitrogens is 1. The van der Waals surface area contributed by atoms with Crippen molar-refractivity contribution in [1.29, 1.82) is 0 Å². The van der Waals surface area contributed by atoms with Gasteiger partial charge in [-0.15, -0.1) is 0 Å². The van der Waals surface area contributed by atoms with Crippen LogP contribution in [0.1, 0.15) is 18.5 Å². The molecule has 1 aromatic heterocycles. The van der Waals surface area contributed by atoms with Gasteiger partial charge in [0.25, 0.3) is 0 Å². The van der Waals surface area contributed by atoms with Crippen LogP contribution in [-0.2, 0) is 0 Å². The van der Waals surface area contributed by atoms with Crippen LogP contribution in [0.25, 0.3) is 6.08 Å². The maximum Gasteiger partial charge on any atom is 0.0377 e. The highest BCUT2D eigenvalue weighted by Gasteiger charge is 2.16. The number of hydrogen-bond acceptors (Lipinski definition) is 0. The van der Waals surface area contributed by atoms with E-state index < -0.39 is 0 Å². The monoisotopic (exact) mass is 133 g/mol. The minimum Gasteiger partial charge on any atom is -0.362 e. The van der Waals surface area contributed by atoms with Gasteiger partial charge in [-0.3, -0.25) is 0 Å². The Bertz CT molecular complexity index is 217. The summed E-state index contributed by atoms with van der Waals surface area (Å²) in [4.78, 5) is 3.13. The van der Waals surface area contributed by atoms with Crippen LogP contribution in [0.5, 0.6) is 0 Å². The van der Waals surface area contributed by atoms with Crippen LogP contribution in [0.2, 0.25) is 0 Å². The molecule has 1 aliphatic rings. The highest BCUT2D eigenvalue weighted by Crippen LogP contribution is 2.30. The van der Waals surface area contributed by atoms with Gasteiger partial charge in [0.05, 0.1) is 0 Å². The molecule has 10 heavy (non-hydrogen) atoms. The second-order valence-electron chi connectivity index (χ2n) is 2.82. The van der Waals surface area contributed by atoms with Crippen molar-refractivity contribution in [2.75, 3.05) is 0 Å². The predicted octanol–water partition coefficient (Wildman–Crippen LogP) is 2.44. The molecule has 52 valence electrons. The number of rotatable bonds is 2. The van der Waals surface area contributed by atoms with Gasteiger partial charge >= 0.3 is 0 Å². The first kappa shape index (κ1) is 5.78. The van der Waals surface area contributed by atoms with E-state index in [0.29, 0.717) is 0 Å². The summed E-state index contributed by atoms with van der Waals surface area (Å²) in [6.07, 6.45) is 9.17. The lowest BCUT2D eigenvalue weighted by atomic mass is 10.3. The molecule has 0 amide bonds. The summed E-state index contributed by atoms with van der Waals surface area (Å²) >= 11 is 0. The Labute approximate surface area is 60.8 Å². The molecule has 0 bridgehead atoms. The summed E-state index contributed by atoms with van der Waals surface area (Å²) in [5, 5.41) is 0. The Morgan fingerprint density at radius 1 is 1.50 bits per heavy atom. The van der Waals surface area contributed by atoms with Crippen LogP contribution >= 0.6 is 0 Å². The van der Waals surface area contributed by atoms with E-state index >= 15 is 0 Å². The Morgan fingerprint density at radius 3 is 3.00 bits per heavy atom. The Morgan fingerprint density at radius 2 is 2.40 bits per heavy atom. The number of allylic oxidation sites excluding steroid dienone is 1. The SMILES string of the molecule is C(=CC1CC1)c1ccc[nH]1. The third kappa shape index (κ3) is 1.29. The molecule has 1 aliphatic carbocycles. The van der Waals surface area contributed by atoms with Gasteiger partial charge in [-0.2, -0.15) is 0 Å². The second kappa shape index (κ2) is 2.33. The Kier molecular flexibility index (Phi) is 1.35. The highest BCUT2D eigenvalue weighted by molar-refractivity contribution is 5.45. The zero-order chi connectivity index (χ0) is 6.81. The molecule has 0 radical (unpaired) electrons.